The zero-order valence-electron chi connectivity index (χ0n) is 10.1. The molecule has 0 bridgehead atoms. The quantitative estimate of drug-likeness (QED) is 0.821. The highest BCUT2D eigenvalue weighted by Crippen LogP contribution is 2.07. The smallest absolute Gasteiger partial charge is 0.222 e. The number of hydrogen-bond acceptors (Lipinski definition) is 2. The molecule has 0 atom stereocenters. The van der Waals surface area contributed by atoms with Crippen LogP contribution < -0.4 is 5.73 Å². The van der Waals surface area contributed by atoms with E-state index < -0.39 is 0 Å². The van der Waals surface area contributed by atoms with Crippen LogP contribution in [0.1, 0.15) is 24.0 Å². The zero-order chi connectivity index (χ0) is 12.0. The summed E-state index contributed by atoms with van der Waals surface area (Å²) >= 11 is 0. The minimum atomic E-state index is 0.158. The van der Waals surface area contributed by atoms with Gasteiger partial charge in [0.15, 0.2) is 0 Å². The molecule has 0 aliphatic heterocycles. The van der Waals surface area contributed by atoms with Crippen LogP contribution in [0.4, 0.5) is 0 Å². The van der Waals surface area contributed by atoms with Crippen LogP contribution in [0.3, 0.4) is 0 Å². The van der Waals surface area contributed by atoms with Crippen LogP contribution in [0.25, 0.3) is 0 Å². The van der Waals surface area contributed by atoms with E-state index in [1.165, 1.54) is 5.56 Å². The largest absolute Gasteiger partial charge is 0.341 e. The van der Waals surface area contributed by atoms with Crippen molar-refractivity contribution < 1.29 is 4.79 Å². The SMILES string of the molecule is Cc1ccc(CN(C)C(=O)CCCN)cc1. The number of carbonyl (C=O) groups excluding carboxylic acids is 1. The monoisotopic (exact) mass is 220 g/mol. The van der Waals surface area contributed by atoms with Crippen molar-refractivity contribution in [3.63, 3.8) is 0 Å². The molecule has 2 N–H and O–H groups in total. The van der Waals surface area contributed by atoms with Crippen LogP contribution in [0.15, 0.2) is 24.3 Å². The van der Waals surface area contributed by atoms with Crippen LogP contribution in [0.5, 0.6) is 0 Å². The average Bonchev–Trinajstić information content (AvgIpc) is 2.29. The molecular weight excluding hydrogens is 200 g/mol. The summed E-state index contributed by atoms with van der Waals surface area (Å²) in [5.41, 5.74) is 7.77. The Kier molecular flexibility index (Phi) is 4.99. The van der Waals surface area contributed by atoms with Crippen LogP contribution in [0, 0.1) is 6.92 Å². The maximum absolute atomic E-state index is 11.6. The van der Waals surface area contributed by atoms with Gasteiger partial charge in [-0.25, -0.2) is 0 Å². The van der Waals surface area contributed by atoms with Gasteiger partial charge < -0.3 is 10.6 Å². The van der Waals surface area contributed by atoms with Gasteiger partial charge >= 0.3 is 0 Å². The van der Waals surface area contributed by atoms with Gasteiger partial charge in [-0.1, -0.05) is 29.8 Å². The second-order valence-corrected chi connectivity index (χ2v) is 4.13. The number of amides is 1. The Morgan fingerprint density at radius 3 is 2.50 bits per heavy atom. The zero-order valence-corrected chi connectivity index (χ0v) is 10.1. The highest BCUT2D eigenvalue weighted by Gasteiger charge is 2.07. The van der Waals surface area contributed by atoms with Crippen molar-refractivity contribution in [2.75, 3.05) is 13.6 Å². The van der Waals surface area contributed by atoms with Crippen LogP contribution in [-0.2, 0) is 11.3 Å². The van der Waals surface area contributed by atoms with E-state index in [1.54, 1.807) is 4.90 Å². The molecule has 3 nitrogen and oxygen atoms in total. The van der Waals surface area contributed by atoms with E-state index in [9.17, 15) is 4.79 Å². The number of aryl methyl sites for hydroxylation is 1. The summed E-state index contributed by atoms with van der Waals surface area (Å²) < 4.78 is 0. The van der Waals surface area contributed by atoms with E-state index in [0.29, 0.717) is 19.5 Å². The summed E-state index contributed by atoms with van der Waals surface area (Å²) in [4.78, 5) is 13.4. The Balaban J connectivity index is 2.47. The predicted octanol–water partition coefficient (Wildman–Crippen LogP) is 1.69. The molecule has 1 aromatic carbocycles. The van der Waals surface area contributed by atoms with Crippen molar-refractivity contribution in [2.24, 2.45) is 5.73 Å². The van der Waals surface area contributed by atoms with Crippen molar-refractivity contribution in [1.82, 2.24) is 4.90 Å². The maximum atomic E-state index is 11.6. The van der Waals surface area contributed by atoms with E-state index in [2.05, 4.69) is 31.2 Å². The molecule has 0 saturated carbocycles. The van der Waals surface area contributed by atoms with Gasteiger partial charge in [0.25, 0.3) is 0 Å². The third kappa shape index (κ3) is 4.03. The van der Waals surface area contributed by atoms with Crippen molar-refractivity contribution >= 4 is 5.91 Å². The molecule has 0 heterocycles. The molecule has 1 amide bonds. The Labute approximate surface area is 97.2 Å². The van der Waals surface area contributed by atoms with Gasteiger partial charge in [0.2, 0.25) is 5.91 Å². The van der Waals surface area contributed by atoms with Crippen molar-refractivity contribution in [2.45, 2.75) is 26.3 Å². The fourth-order valence-corrected chi connectivity index (χ4v) is 1.50. The molecule has 0 aromatic heterocycles. The van der Waals surface area contributed by atoms with Crippen LogP contribution in [0.2, 0.25) is 0 Å². The van der Waals surface area contributed by atoms with Gasteiger partial charge in [0.05, 0.1) is 0 Å². The molecule has 0 spiro atoms. The number of nitrogens with zero attached hydrogens (tertiary/aromatic N) is 1. The Hall–Kier alpha value is -1.35. The van der Waals surface area contributed by atoms with Crippen molar-refractivity contribution in [3.8, 4) is 0 Å². The third-order valence-electron chi connectivity index (χ3n) is 2.56. The normalized spacial score (nSPS) is 10.2. The summed E-state index contributed by atoms with van der Waals surface area (Å²) in [6, 6.07) is 8.24. The van der Waals surface area contributed by atoms with Gasteiger partial charge in [0, 0.05) is 20.0 Å². The lowest BCUT2D eigenvalue weighted by atomic mass is 10.1. The van der Waals surface area contributed by atoms with Crippen molar-refractivity contribution in [3.05, 3.63) is 35.4 Å². The molecule has 3 heteroatoms. The molecule has 1 rings (SSSR count). The molecule has 1 aromatic rings. The number of hydrogen-bond donors (Lipinski definition) is 1. The number of nitrogens with two attached hydrogens (primary N) is 1. The predicted molar refractivity (Wildman–Crippen MR) is 65.9 cm³/mol. The van der Waals surface area contributed by atoms with E-state index in [-0.39, 0.29) is 5.91 Å². The fraction of sp³-hybridized carbons (Fsp3) is 0.462. The molecule has 0 unspecified atom stereocenters. The fourth-order valence-electron chi connectivity index (χ4n) is 1.50. The number of carbonyl (C=O) groups is 1. The summed E-state index contributed by atoms with van der Waals surface area (Å²) in [5, 5.41) is 0. The minimum absolute atomic E-state index is 0.158. The first kappa shape index (κ1) is 12.7. The van der Waals surface area contributed by atoms with E-state index in [0.717, 1.165) is 12.0 Å². The summed E-state index contributed by atoms with van der Waals surface area (Å²) in [5.74, 6) is 0.158. The van der Waals surface area contributed by atoms with E-state index >= 15 is 0 Å². The first-order chi connectivity index (χ1) is 7.63. The third-order valence-corrected chi connectivity index (χ3v) is 2.56. The summed E-state index contributed by atoms with van der Waals surface area (Å²) in [6.07, 6.45) is 1.30. The van der Waals surface area contributed by atoms with Gasteiger partial charge in [-0.3, -0.25) is 4.79 Å². The lowest BCUT2D eigenvalue weighted by Crippen LogP contribution is -2.26. The van der Waals surface area contributed by atoms with Gasteiger partial charge in [-0.15, -0.1) is 0 Å². The van der Waals surface area contributed by atoms with E-state index in [4.69, 9.17) is 5.73 Å². The van der Waals surface area contributed by atoms with Crippen LogP contribution in [-0.4, -0.2) is 24.4 Å². The molecule has 0 fully saturated rings. The lowest BCUT2D eigenvalue weighted by molar-refractivity contribution is -0.130. The van der Waals surface area contributed by atoms with Crippen molar-refractivity contribution in [1.29, 1.82) is 0 Å². The Morgan fingerprint density at radius 2 is 1.94 bits per heavy atom. The van der Waals surface area contributed by atoms with Gasteiger partial charge in [0.1, 0.15) is 0 Å². The molecule has 0 radical (unpaired) electrons. The molecule has 0 aliphatic rings. The number of rotatable bonds is 5. The number of benzene rings is 1. The van der Waals surface area contributed by atoms with Crippen LogP contribution >= 0.6 is 0 Å². The maximum Gasteiger partial charge on any atom is 0.222 e. The summed E-state index contributed by atoms with van der Waals surface area (Å²) in [7, 11) is 1.83. The average molecular weight is 220 g/mol. The second-order valence-electron chi connectivity index (χ2n) is 4.13. The Morgan fingerprint density at radius 1 is 1.31 bits per heavy atom. The highest BCUT2D eigenvalue weighted by atomic mass is 16.2. The molecule has 0 saturated heterocycles. The van der Waals surface area contributed by atoms with Gasteiger partial charge in [-0.05, 0) is 25.5 Å². The molecule has 88 valence electrons. The first-order valence-electron chi connectivity index (χ1n) is 5.63. The molecule has 0 aliphatic carbocycles. The van der Waals surface area contributed by atoms with E-state index in [1.807, 2.05) is 7.05 Å². The molecular formula is C13H20N2O. The summed E-state index contributed by atoms with van der Waals surface area (Å²) in [6.45, 7) is 3.30. The molecule has 16 heavy (non-hydrogen) atoms. The topological polar surface area (TPSA) is 46.3 Å². The second kappa shape index (κ2) is 6.28. The lowest BCUT2D eigenvalue weighted by Gasteiger charge is -2.17. The standard InChI is InChI=1S/C13H20N2O/c1-11-5-7-12(8-6-11)10-15(2)13(16)4-3-9-14/h5-8H,3-4,9-10,14H2,1-2H3. The van der Waals surface area contributed by atoms with Gasteiger partial charge in [-0.2, -0.15) is 0 Å². The first-order valence-corrected chi connectivity index (χ1v) is 5.63. The highest BCUT2D eigenvalue weighted by molar-refractivity contribution is 5.75. The minimum Gasteiger partial charge on any atom is -0.341 e. The Bertz CT molecular complexity index is 332.